The van der Waals surface area contributed by atoms with Crippen LogP contribution in [0.1, 0.15) is 5.56 Å². The van der Waals surface area contributed by atoms with Crippen LogP contribution in [0.5, 0.6) is 0 Å². The van der Waals surface area contributed by atoms with E-state index in [4.69, 9.17) is 11.6 Å². The molecule has 0 bridgehead atoms. The van der Waals surface area contributed by atoms with Gasteiger partial charge in [-0.2, -0.15) is 0 Å². The highest BCUT2D eigenvalue weighted by molar-refractivity contribution is 7.89. The van der Waals surface area contributed by atoms with Crippen molar-refractivity contribution in [2.24, 2.45) is 4.99 Å². The highest BCUT2D eigenvalue weighted by Gasteiger charge is 2.30. The van der Waals surface area contributed by atoms with Crippen molar-refractivity contribution in [2.45, 2.75) is 11.3 Å². The molecule has 3 rings (SSSR count). The average Bonchev–Trinajstić information content (AvgIpc) is 2.98. The number of aliphatic imine (C=N–C) groups is 1. The Bertz CT molecular complexity index is 787. The normalized spacial score (nSPS) is 15.0. The molecule has 4 nitrogen and oxygen atoms in total. The molecule has 0 saturated heterocycles. The first-order chi connectivity index (χ1) is 10.6. The second kappa shape index (κ2) is 6.10. The fraction of sp³-hybridized carbons (Fsp3) is 0.188. The predicted octanol–water partition coefficient (Wildman–Crippen LogP) is 2.99. The lowest BCUT2D eigenvalue weighted by Crippen LogP contribution is -2.35. The van der Waals surface area contributed by atoms with Gasteiger partial charge in [0.2, 0.25) is 0 Å². The van der Waals surface area contributed by atoms with E-state index >= 15 is 0 Å². The summed E-state index contributed by atoms with van der Waals surface area (Å²) in [6.45, 7) is 0.877. The second-order valence-electron chi connectivity index (χ2n) is 4.99. The van der Waals surface area contributed by atoms with Crippen LogP contribution < -0.4 is 0 Å². The van der Waals surface area contributed by atoms with E-state index in [-0.39, 0.29) is 4.90 Å². The highest BCUT2D eigenvalue weighted by Crippen LogP contribution is 2.22. The van der Waals surface area contributed by atoms with E-state index in [0.29, 0.717) is 30.4 Å². The topological polar surface area (TPSA) is 49.7 Å². The van der Waals surface area contributed by atoms with Crippen LogP contribution in [0.2, 0.25) is 5.02 Å². The van der Waals surface area contributed by atoms with Gasteiger partial charge in [0.15, 0.2) is 0 Å². The Balaban J connectivity index is 1.87. The van der Waals surface area contributed by atoms with Gasteiger partial charge >= 0.3 is 0 Å². The molecule has 22 heavy (non-hydrogen) atoms. The molecule has 6 heteroatoms. The zero-order valence-corrected chi connectivity index (χ0v) is 13.4. The van der Waals surface area contributed by atoms with Gasteiger partial charge in [0.05, 0.1) is 18.0 Å². The van der Waals surface area contributed by atoms with Gasteiger partial charge in [0.25, 0.3) is 10.0 Å². The highest BCUT2D eigenvalue weighted by atomic mass is 35.5. The maximum atomic E-state index is 12.7. The molecule has 0 spiro atoms. The van der Waals surface area contributed by atoms with Crippen LogP contribution in [0.3, 0.4) is 0 Å². The Hall–Kier alpha value is -1.85. The van der Waals surface area contributed by atoms with Crippen molar-refractivity contribution in [1.29, 1.82) is 0 Å². The van der Waals surface area contributed by atoms with E-state index in [9.17, 15) is 8.42 Å². The molecule has 1 aliphatic rings. The van der Waals surface area contributed by atoms with Crippen molar-refractivity contribution in [3.05, 3.63) is 65.2 Å². The van der Waals surface area contributed by atoms with Gasteiger partial charge in [0, 0.05) is 11.4 Å². The van der Waals surface area contributed by atoms with Gasteiger partial charge < -0.3 is 0 Å². The van der Waals surface area contributed by atoms with Crippen LogP contribution in [0, 0.1) is 0 Å². The van der Waals surface area contributed by atoms with Crippen LogP contribution in [0.25, 0.3) is 0 Å². The smallest absolute Gasteiger partial charge is 0.265 e. The molecule has 114 valence electrons. The minimum atomic E-state index is -3.58. The first-order valence-electron chi connectivity index (χ1n) is 6.93. The second-order valence-corrected chi connectivity index (χ2v) is 7.29. The van der Waals surface area contributed by atoms with Gasteiger partial charge in [-0.25, -0.2) is 8.42 Å². The summed E-state index contributed by atoms with van der Waals surface area (Å²) in [6, 6.07) is 15.9. The monoisotopic (exact) mass is 334 g/mol. The van der Waals surface area contributed by atoms with Crippen LogP contribution in [0.15, 0.2) is 64.5 Å². The summed E-state index contributed by atoms with van der Waals surface area (Å²) in [5.41, 5.74) is 1.04. The van der Waals surface area contributed by atoms with Gasteiger partial charge in [-0.05, 0) is 29.8 Å². The molecule has 0 aromatic heterocycles. The van der Waals surface area contributed by atoms with Crippen LogP contribution in [-0.2, 0) is 16.4 Å². The lowest BCUT2D eigenvalue weighted by molar-refractivity contribution is 0.535. The Labute approximate surface area is 135 Å². The number of hydrogen-bond donors (Lipinski definition) is 0. The molecule has 1 heterocycles. The van der Waals surface area contributed by atoms with Gasteiger partial charge in [0.1, 0.15) is 5.84 Å². The Morgan fingerprint density at radius 2 is 1.73 bits per heavy atom. The van der Waals surface area contributed by atoms with Crippen molar-refractivity contribution >= 4 is 27.5 Å². The minimum Gasteiger partial charge on any atom is -0.269 e. The fourth-order valence-corrected chi connectivity index (χ4v) is 3.98. The van der Waals surface area contributed by atoms with E-state index in [0.717, 1.165) is 5.56 Å². The number of benzene rings is 2. The SMILES string of the molecule is O=S(=O)(c1ccc(Cl)cc1)N1CCN=C1Cc1ccccc1. The summed E-state index contributed by atoms with van der Waals surface area (Å²) in [5, 5.41) is 0.513. The summed E-state index contributed by atoms with van der Waals surface area (Å²) >= 11 is 5.83. The Morgan fingerprint density at radius 3 is 2.41 bits per heavy atom. The number of nitrogens with zero attached hydrogens (tertiary/aromatic N) is 2. The molecule has 0 amide bonds. The minimum absolute atomic E-state index is 0.236. The van der Waals surface area contributed by atoms with Gasteiger partial charge in [-0.1, -0.05) is 41.9 Å². The Morgan fingerprint density at radius 1 is 1.05 bits per heavy atom. The quantitative estimate of drug-likeness (QED) is 0.863. The zero-order chi connectivity index (χ0) is 15.6. The van der Waals surface area contributed by atoms with Gasteiger partial charge in [-0.3, -0.25) is 9.30 Å². The molecular formula is C16H15ClN2O2S. The van der Waals surface area contributed by atoms with E-state index in [1.807, 2.05) is 30.3 Å². The van der Waals surface area contributed by atoms with Crippen molar-refractivity contribution in [2.75, 3.05) is 13.1 Å². The average molecular weight is 335 g/mol. The number of hydrogen-bond acceptors (Lipinski definition) is 3. The number of sulfonamides is 1. The van der Waals surface area contributed by atoms with Gasteiger partial charge in [-0.15, -0.1) is 0 Å². The molecule has 0 N–H and O–H groups in total. The van der Waals surface area contributed by atoms with Crippen molar-refractivity contribution in [3.63, 3.8) is 0 Å². The van der Waals surface area contributed by atoms with E-state index in [1.165, 1.54) is 16.4 Å². The molecule has 0 atom stereocenters. The predicted molar refractivity (Wildman–Crippen MR) is 87.8 cm³/mol. The third-order valence-corrected chi connectivity index (χ3v) is 5.59. The molecule has 1 aliphatic heterocycles. The van der Waals surface area contributed by atoms with E-state index in [1.54, 1.807) is 12.1 Å². The maximum Gasteiger partial charge on any atom is 0.265 e. The maximum absolute atomic E-state index is 12.7. The molecule has 0 aliphatic carbocycles. The summed E-state index contributed by atoms with van der Waals surface area (Å²) in [5.74, 6) is 0.584. The van der Waals surface area contributed by atoms with Crippen LogP contribution in [-0.4, -0.2) is 31.6 Å². The summed E-state index contributed by atoms with van der Waals surface area (Å²) in [6.07, 6.45) is 0.508. The summed E-state index contributed by atoms with van der Waals surface area (Å²) < 4.78 is 26.9. The number of rotatable bonds is 4. The number of halogens is 1. The van der Waals surface area contributed by atoms with Crippen LogP contribution in [0.4, 0.5) is 0 Å². The molecule has 2 aromatic rings. The summed E-state index contributed by atoms with van der Waals surface area (Å²) in [7, 11) is -3.58. The standard InChI is InChI=1S/C16H15ClN2O2S/c17-14-6-8-15(9-7-14)22(20,21)19-11-10-18-16(19)12-13-4-2-1-3-5-13/h1-9H,10-12H2. The third kappa shape index (κ3) is 3.00. The van der Waals surface area contributed by atoms with E-state index in [2.05, 4.69) is 4.99 Å². The lowest BCUT2D eigenvalue weighted by Gasteiger charge is -2.20. The molecule has 0 fully saturated rings. The molecule has 2 aromatic carbocycles. The molecule has 0 radical (unpaired) electrons. The third-order valence-electron chi connectivity index (χ3n) is 3.49. The van der Waals surface area contributed by atoms with Crippen molar-refractivity contribution in [1.82, 2.24) is 4.31 Å². The largest absolute Gasteiger partial charge is 0.269 e. The van der Waals surface area contributed by atoms with E-state index < -0.39 is 10.0 Å². The number of amidine groups is 1. The first-order valence-corrected chi connectivity index (χ1v) is 8.75. The fourth-order valence-electron chi connectivity index (χ4n) is 2.39. The van der Waals surface area contributed by atoms with Crippen molar-refractivity contribution in [3.8, 4) is 0 Å². The molecule has 0 saturated carbocycles. The lowest BCUT2D eigenvalue weighted by atomic mass is 10.1. The molecular weight excluding hydrogens is 320 g/mol. The van der Waals surface area contributed by atoms with Crippen LogP contribution >= 0.6 is 11.6 Å². The zero-order valence-electron chi connectivity index (χ0n) is 11.8. The molecule has 0 unspecified atom stereocenters. The first kappa shape index (κ1) is 15.1. The Kier molecular flexibility index (Phi) is 4.18. The van der Waals surface area contributed by atoms with Crippen molar-refractivity contribution < 1.29 is 8.42 Å². The summed E-state index contributed by atoms with van der Waals surface area (Å²) in [4.78, 5) is 4.59.